The third-order valence-corrected chi connectivity index (χ3v) is 8.51. The Bertz CT molecular complexity index is 1680. The predicted octanol–water partition coefficient (Wildman–Crippen LogP) is 3.36. The molecule has 1 saturated heterocycles. The van der Waals surface area contributed by atoms with Crippen molar-refractivity contribution in [2.75, 3.05) is 52.3 Å². The number of carbonyl (C=O) groups excluding carboxylic acids is 1. The number of ether oxygens (including phenoxy) is 5. The minimum Gasteiger partial charge on any atom is -0.458 e. The molecule has 11 nitrogen and oxygen atoms in total. The van der Waals surface area contributed by atoms with E-state index in [1.165, 1.54) is 29.6 Å². The van der Waals surface area contributed by atoms with Gasteiger partial charge in [0.05, 0.1) is 12.3 Å². The number of hydrogen-bond acceptors (Lipinski definition) is 9. The molecule has 0 amide bonds. The first kappa shape index (κ1) is 29.0. The van der Waals surface area contributed by atoms with Crippen molar-refractivity contribution >= 4 is 23.8 Å². The van der Waals surface area contributed by atoms with Crippen LogP contribution in [0.1, 0.15) is 22.4 Å². The monoisotopic (exact) mass is 616 g/mol. The second-order valence-corrected chi connectivity index (χ2v) is 10.9. The van der Waals surface area contributed by atoms with Gasteiger partial charge in [0.1, 0.15) is 19.8 Å². The van der Waals surface area contributed by atoms with Crippen LogP contribution in [0, 0.1) is 11.6 Å². The summed E-state index contributed by atoms with van der Waals surface area (Å²) >= 11 is 1.41. The third kappa shape index (κ3) is 5.53. The molecular weight excluding hydrogens is 588 g/mol. The molecule has 0 radical (unpaired) electrons. The molecule has 2 N–H and O–H groups in total. The Morgan fingerprint density at radius 1 is 1.21 bits per heavy atom. The van der Waals surface area contributed by atoms with Gasteiger partial charge in [-0.1, -0.05) is 18.2 Å². The molecule has 1 atom stereocenters. The van der Waals surface area contributed by atoms with E-state index in [4.69, 9.17) is 23.7 Å². The van der Waals surface area contributed by atoms with Crippen molar-refractivity contribution in [2.24, 2.45) is 0 Å². The number of thioether (sulfide) groups is 1. The van der Waals surface area contributed by atoms with Crippen LogP contribution in [-0.4, -0.2) is 79.5 Å². The number of nitrogens with zero attached hydrogens (tertiary/aromatic N) is 2. The number of aromatic nitrogens is 1. The van der Waals surface area contributed by atoms with Gasteiger partial charge >= 0.3 is 12.1 Å². The fraction of sp³-hybridized carbons (Fsp3) is 0.345. The number of benzene rings is 2. The maximum Gasteiger partial charge on any atom is 0.511 e. The summed E-state index contributed by atoms with van der Waals surface area (Å²) in [5.41, 5.74) is 4.58. The number of aliphatic hydroxyl groups is 1. The molecule has 1 fully saturated rings. The largest absolute Gasteiger partial charge is 0.511 e. The first-order valence-corrected chi connectivity index (χ1v) is 14.4. The van der Waals surface area contributed by atoms with Crippen LogP contribution in [0.2, 0.25) is 0 Å². The average molecular weight is 617 g/mol. The molecule has 14 heteroatoms. The van der Waals surface area contributed by atoms with Gasteiger partial charge in [-0.25, -0.2) is 18.3 Å². The van der Waals surface area contributed by atoms with Crippen LogP contribution in [-0.2, 0) is 31.1 Å². The number of nitrogens with one attached hydrogen (secondary N) is 1. The van der Waals surface area contributed by atoms with Crippen LogP contribution in [0.15, 0.2) is 46.1 Å². The van der Waals surface area contributed by atoms with Crippen molar-refractivity contribution in [2.45, 2.75) is 23.2 Å². The van der Waals surface area contributed by atoms with Gasteiger partial charge in [0.15, 0.2) is 18.2 Å². The lowest BCUT2D eigenvalue weighted by Gasteiger charge is -2.31. The van der Waals surface area contributed by atoms with Gasteiger partial charge in [-0.05, 0) is 29.7 Å². The van der Waals surface area contributed by atoms with Crippen molar-refractivity contribution in [3.63, 3.8) is 0 Å². The molecule has 1 aromatic heterocycles. The van der Waals surface area contributed by atoms with Crippen LogP contribution < -0.4 is 15.6 Å². The van der Waals surface area contributed by atoms with Crippen LogP contribution in [0.3, 0.4) is 0 Å². The Kier molecular flexibility index (Phi) is 8.23. The maximum atomic E-state index is 15.2. The van der Waals surface area contributed by atoms with Crippen molar-refractivity contribution < 1.29 is 46.9 Å². The lowest BCUT2D eigenvalue weighted by molar-refractivity contribution is -0.591. The molecule has 226 valence electrons. The van der Waals surface area contributed by atoms with Crippen LogP contribution in [0.5, 0.6) is 5.75 Å². The zero-order valence-corrected chi connectivity index (χ0v) is 23.9. The van der Waals surface area contributed by atoms with E-state index in [-0.39, 0.29) is 59.7 Å². The summed E-state index contributed by atoms with van der Waals surface area (Å²) < 4.78 is 59.1. The highest BCUT2D eigenvalue weighted by Crippen LogP contribution is 2.40. The van der Waals surface area contributed by atoms with E-state index in [9.17, 15) is 14.7 Å². The highest BCUT2D eigenvalue weighted by molar-refractivity contribution is 7.98. The normalized spacial score (nSPS) is 17.0. The molecular formula is C29H28F2N3O8S+. The van der Waals surface area contributed by atoms with E-state index < -0.39 is 36.2 Å². The van der Waals surface area contributed by atoms with Crippen molar-refractivity contribution in [3.8, 4) is 17.0 Å². The molecule has 3 aliphatic rings. The first-order valence-electron chi connectivity index (χ1n) is 13.5. The zero-order chi connectivity index (χ0) is 30.1. The van der Waals surface area contributed by atoms with E-state index in [1.54, 1.807) is 4.58 Å². The molecule has 0 aliphatic carbocycles. The highest BCUT2D eigenvalue weighted by atomic mass is 32.2. The summed E-state index contributed by atoms with van der Waals surface area (Å²) in [5.74, 6) is -2.43. The second kappa shape index (κ2) is 12.2. The highest BCUT2D eigenvalue weighted by Gasteiger charge is 2.41. The minimum absolute atomic E-state index is 0.0411. The smallest absolute Gasteiger partial charge is 0.458 e. The lowest BCUT2D eigenvalue weighted by Crippen LogP contribution is -2.54. The fourth-order valence-corrected chi connectivity index (χ4v) is 6.43. The summed E-state index contributed by atoms with van der Waals surface area (Å²) in [5, 5.41) is 11.4. The van der Waals surface area contributed by atoms with Crippen LogP contribution >= 0.6 is 11.8 Å². The Morgan fingerprint density at radius 2 is 2.05 bits per heavy atom. The summed E-state index contributed by atoms with van der Waals surface area (Å²) in [6.07, 6.45) is -1.28. The van der Waals surface area contributed by atoms with Gasteiger partial charge < -0.3 is 28.8 Å². The molecule has 4 heterocycles. The quantitative estimate of drug-likeness (QED) is 0.177. The average Bonchev–Trinajstić information content (AvgIpc) is 3.20. The van der Waals surface area contributed by atoms with Crippen LogP contribution in [0.4, 0.5) is 13.6 Å². The molecule has 43 heavy (non-hydrogen) atoms. The predicted molar refractivity (Wildman–Crippen MR) is 150 cm³/mol. The van der Waals surface area contributed by atoms with Gasteiger partial charge in [-0.15, -0.1) is 11.8 Å². The number of hydrogen-bond donors (Lipinski definition) is 2. The van der Waals surface area contributed by atoms with Gasteiger partial charge in [-0.3, -0.25) is 10.2 Å². The number of rotatable bonds is 7. The van der Waals surface area contributed by atoms with Crippen molar-refractivity contribution in [1.82, 2.24) is 4.68 Å². The van der Waals surface area contributed by atoms with Crippen LogP contribution in [0.25, 0.3) is 11.3 Å². The number of methoxy groups -OCH3 is 1. The minimum atomic E-state index is -1.06. The SMILES string of the molecule is COCCOC(=O)OCOc1c2n(c(-c3cc(F)c(F)c4c3Cc3ccccc3SC4)cc1=O)N[C@@H]1COCC[N+]1=C2O. The van der Waals surface area contributed by atoms with E-state index in [0.29, 0.717) is 25.1 Å². The first-order chi connectivity index (χ1) is 20.9. The van der Waals surface area contributed by atoms with Gasteiger partial charge in [0, 0.05) is 35.0 Å². The molecule has 3 aliphatic heterocycles. The van der Waals surface area contributed by atoms with Crippen molar-refractivity contribution in [1.29, 1.82) is 0 Å². The summed E-state index contributed by atoms with van der Waals surface area (Å²) in [6.45, 7) is 0.258. The standard InChI is InChI=1S/C29H27F2N3O8S/c1-38-8-9-40-29(37)42-15-41-27-22(35)12-21(34-26(27)28(36)33-6-7-39-13-24(33)32-34)18-11-20(30)25(31)19-14-43-23-5-3-2-4-16(23)10-17(18)19/h2-5,11-12,24,32H,6-10,13-15H2,1H3/p+1/t24-/m0/s1. The van der Waals surface area contributed by atoms with Crippen molar-refractivity contribution in [3.05, 3.63) is 80.6 Å². The Hall–Kier alpha value is -4.14. The number of morpholine rings is 1. The van der Waals surface area contributed by atoms with E-state index >= 15 is 8.78 Å². The topological polar surface area (TPSA) is 120 Å². The van der Waals surface area contributed by atoms with E-state index in [0.717, 1.165) is 16.5 Å². The number of carbonyl (C=O) groups is 1. The Balaban J connectivity index is 1.47. The number of fused-ring (bicyclic) bond motifs is 4. The maximum absolute atomic E-state index is 15.2. The summed E-state index contributed by atoms with van der Waals surface area (Å²) in [6, 6.07) is 9.90. The molecule has 6 rings (SSSR count). The molecule has 0 saturated carbocycles. The molecule has 0 spiro atoms. The molecule has 0 bridgehead atoms. The number of pyridine rings is 1. The van der Waals surface area contributed by atoms with Gasteiger partial charge in [-0.2, -0.15) is 4.58 Å². The fourth-order valence-electron chi connectivity index (χ4n) is 5.33. The lowest BCUT2D eigenvalue weighted by atomic mass is 9.92. The number of aliphatic hydroxyl groups excluding tert-OH is 1. The van der Waals surface area contributed by atoms with E-state index in [2.05, 4.69) is 5.43 Å². The van der Waals surface area contributed by atoms with E-state index in [1.807, 2.05) is 24.3 Å². The molecule has 0 unspecified atom stereocenters. The Labute approximate surface area is 248 Å². The summed E-state index contributed by atoms with van der Waals surface area (Å²) in [4.78, 5) is 26.4. The summed E-state index contributed by atoms with van der Waals surface area (Å²) in [7, 11) is 1.45. The molecule has 2 aromatic carbocycles. The second-order valence-electron chi connectivity index (χ2n) is 9.89. The van der Waals surface area contributed by atoms with Gasteiger partial charge in [0.2, 0.25) is 23.7 Å². The van der Waals surface area contributed by atoms with Gasteiger partial charge in [0.25, 0.3) is 6.17 Å². The zero-order valence-electron chi connectivity index (χ0n) is 23.1. The molecule has 3 aromatic rings. The number of halogens is 2. The Morgan fingerprint density at radius 3 is 2.88 bits per heavy atom. The third-order valence-electron chi connectivity index (χ3n) is 7.37.